The molecule has 2 heterocycles. The molecule has 1 amide bonds. The number of aromatic nitrogens is 1. The molecule has 5 heteroatoms. The molecule has 1 aromatic heterocycles. The number of nitrogens with one attached hydrogen (secondary N) is 2. The Morgan fingerprint density at radius 3 is 2.88 bits per heavy atom. The van der Waals surface area contributed by atoms with Crippen molar-refractivity contribution in [1.82, 2.24) is 15.2 Å². The molecular formula is C20H28FN3O. The number of fused-ring (bicyclic) bond motifs is 1. The first-order chi connectivity index (χ1) is 12.3. The average Bonchev–Trinajstić information content (AvgIpc) is 3.03. The highest BCUT2D eigenvalue weighted by molar-refractivity contribution is 5.83. The fourth-order valence-electron chi connectivity index (χ4n) is 3.67. The fourth-order valence-corrected chi connectivity index (χ4v) is 3.67. The highest BCUT2D eigenvalue weighted by atomic mass is 19.1. The van der Waals surface area contributed by atoms with Crippen molar-refractivity contribution in [3.8, 4) is 0 Å². The lowest BCUT2D eigenvalue weighted by Crippen LogP contribution is -2.36. The van der Waals surface area contributed by atoms with Crippen LogP contribution in [0.2, 0.25) is 0 Å². The minimum atomic E-state index is -0.170. The van der Waals surface area contributed by atoms with Crippen molar-refractivity contribution in [2.45, 2.75) is 38.5 Å². The SMILES string of the molecule is O=CN1CCC(CNCCCCCc2c[nH]c3ccc(F)cc23)CC1. The highest BCUT2D eigenvalue weighted by Gasteiger charge is 2.17. The van der Waals surface area contributed by atoms with Crippen molar-refractivity contribution in [3.63, 3.8) is 0 Å². The molecule has 136 valence electrons. The molecule has 1 aliphatic rings. The van der Waals surface area contributed by atoms with Gasteiger partial charge in [-0.25, -0.2) is 4.39 Å². The number of aryl methyl sites for hydroxylation is 1. The Hall–Kier alpha value is -1.88. The Labute approximate surface area is 148 Å². The number of carbonyl (C=O) groups is 1. The van der Waals surface area contributed by atoms with Gasteiger partial charge in [-0.05, 0) is 74.9 Å². The minimum absolute atomic E-state index is 0.170. The molecule has 0 saturated carbocycles. The number of halogens is 1. The van der Waals surface area contributed by atoms with Crippen molar-refractivity contribution in [2.75, 3.05) is 26.2 Å². The zero-order chi connectivity index (χ0) is 17.5. The van der Waals surface area contributed by atoms with E-state index in [1.165, 1.54) is 24.5 Å². The van der Waals surface area contributed by atoms with Gasteiger partial charge in [-0.1, -0.05) is 6.42 Å². The van der Waals surface area contributed by atoms with Crippen LogP contribution in [0.1, 0.15) is 37.7 Å². The third kappa shape index (κ3) is 5.05. The largest absolute Gasteiger partial charge is 0.361 e. The smallest absolute Gasteiger partial charge is 0.209 e. The Morgan fingerprint density at radius 2 is 2.08 bits per heavy atom. The molecule has 1 saturated heterocycles. The van der Waals surface area contributed by atoms with E-state index in [-0.39, 0.29) is 5.82 Å². The summed E-state index contributed by atoms with van der Waals surface area (Å²) in [5, 5.41) is 4.57. The summed E-state index contributed by atoms with van der Waals surface area (Å²) in [4.78, 5) is 15.8. The van der Waals surface area contributed by atoms with Gasteiger partial charge in [0.15, 0.2) is 0 Å². The van der Waals surface area contributed by atoms with Crippen LogP contribution in [0.4, 0.5) is 4.39 Å². The topological polar surface area (TPSA) is 48.1 Å². The zero-order valence-electron chi connectivity index (χ0n) is 14.8. The lowest BCUT2D eigenvalue weighted by Gasteiger charge is -2.29. The number of amides is 1. The van der Waals surface area contributed by atoms with E-state index >= 15 is 0 Å². The third-order valence-corrected chi connectivity index (χ3v) is 5.26. The Kier molecular flexibility index (Phi) is 6.45. The molecule has 4 nitrogen and oxygen atoms in total. The van der Waals surface area contributed by atoms with Crippen LogP contribution in [0, 0.1) is 11.7 Å². The van der Waals surface area contributed by atoms with Crippen LogP contribution in [-0.4, -0.2) is 42.5 Å². The summed E-state index contributed by atoms with van der Waals surface area (Å²) >= 11 is 0. The van der Waals surface area contributed by atoms with Crippen LogP contribution >= 0.6 is 0 Å². The van der Waals surface area contributed by atoms with E-state index < -0.39 is 0 Å². The van der Waals surface area contributed by atoms with Crippen molar-refractivity contribution in [1.29, 1.82) is 0 Å². The molecule has 25 heavy (non-hydrogen) atoms. The number of hydrogen-bond donors (Lipinski definition) is 2. The first-order valence-electron chi connectivity index (χ1n) is 9.42. The number of rotatable bonds is 9. The molecule has 0 atom stereocenters. The maximum atomic E-state index is 13.4. The quantitative estimate of drug-likeness (QED) is 0.540. The van der Waals surface area contributed by atoms with Crippen molar-refractivity contribution in [3.05, 3.63) is 35.8 Å². The van der Waals surface area contributed by atoms with Crippen LogP contribution < -0.4 is 5.32 Å². The molecule has 0 aliphatic carbocycles. The predicted molar refractivity (Wildman–Crippen MR) is 99.0 cm³/mol. The molecule has 1 aromatic carbocycles. The number of likely N-dealkylation sites (tertiary alicyclic amines) is 1. The van der Waals surface area contributed by atoms with Gasteiger partial charge in [0, 0.05) is 30.2 Å². The van der Waals surface area contributed by atoms with Gasteiger partial charge in [-0.15, -0.1) is 0 Å². The summed E-state index contributed by atoms with van der Waals surface area (Å²) in [5.41, 5.74) is 2.23. The van der Waals surface area contributed by atoms with E-state index in [2.05, 4.69) is 10.3 Å². The number of unbranched alkanes of at least 4 members (excludes halogenated alkanes) is 2. The summed E-state index contributed by atoms with van der Waals surface area (Å²) in [6, 6.07) is 4.92. The molecule has 3 rings (SSSR count). The van der Waals surface area contributed by atoms with E-state index in [9.17, 15) is 9.18 Å². The first-order valence-corrected chi connectivity index (χ1v) is 9.42. The van der Waals surface area contributed by atoms with Crippen LogP contribution in [-0.2, 0) is 11.2 Å². The Morgan fingerprint density at radius 1 is 1.24 bits per heavy atom. The number of hydrogen-bond acceptors (Lipinski definition) is 2. The molecule has 1 aliphatic heterocycles. The molecule has 1 fully saturated rings. The van der Waals surface area contributed by atoms with Gasteiger partial charge in [0.2, 0.25) is 6.41 Å². The second kappa shape index (κ2) is 8.99. The van der Waals surface area contributed by atoms with Crippen LogP contribution in [0.15, 0.2) is 24.4 Å². The second-order valence-electron chi connectivity index (χ2n) is 7.10. The monoisotopic (exact) mass is 345 g/mol. The highest BCUT2D eigenvalue weighted by Crippen LogP contribution is 2.21. The van der Waals surface area contributed by atoms with E-state index in [4.69, 9.17) is 0 Å². The van der Waals surface area contributed by atoms with E-state index in [1.54, 1.807) is 12.1 Å². The lowest BCUT2D eigenvalue weighted by molar-refractivity contribution is -0.119. The summed E-state index contributed by atoms with van der Waals surface area (Å²) in [6.07, 6.45) is 9.67. The molecule has 0 bridgehead atoms. The van der Waals surface area contributed by atoms with Gasteiger partial charge in [-0.2, -0.15) is 0 Å². The molecule has 0 unspecified atom stereocenters. The number of piperidine rings is 1. The van der Waals surface area contributed by atoms with Gasteiger partial charge < -0.3 is 15.2 Å². The predicted octanol–water partition coefficient (Wildman–Crippen LogP) is 3.48. The van der Waals surface area contributed by atoms with Crippen LogP contribution in [0.3, 0.4) is 0 Å². The van der Waals surface area contributed by atoms with Gasteiger partial charge in [0.25, 0.3) is 0 Å². The summed E-state index contributed by atoms with van der Waals surface area (Å²) in [7, 11) is 0. The number of carbonyl (C=O) groups excluding carboxylic acids is 1. The number of benzene rings is 1. The molecule has 0 spiro atoms. The van der Waals surface area contributed by atoms with E-state index in [0.717, 1.165) is 69.2 Å². The zero-order valence-corrected chi connectivity index (χ0v) is 14.8. The first kappa shape index (κ1) is 17.9. The molecule has 2 aromatic rings. The minimum Gasteiger partial charge on any atom is -0.361 e. The average molecular weight is 345 g/mol. The standard InChI is InChI=1S/C20H28FN3O/c21-18-5-6-20-19(12-18)17(14-23-20)4-2-1-3-9-22-13-16-7-10-24(15-25)11-8-16/h5-6,12,14-16,22-23H,1-4,7-11,13H2. The Bertz CT molecular complexity index is 677. The van der Waals surface area contributed by atoms with Gasteiger partial charge in [-0.3, -0.25) is 4.79 Å². The number of H-pyrrole nitrogens is 1. The fraction of sp³-hybridized carbons (Fsp3) is 0.550. The molecule has 2 N–H and O–H groups in total. The normalized spacial score (nSPS) is 15.8. The summed E-state index contributed by atoms with van der Waals surface area (Å²) < 4.78 is 13.4. The molecular weight excluding hydrogens is 317 g/mol. The lowest BCUT2D eigenvalue weighted by atomic mass is 9.97. The second-order valence-corrected chi connectivity index (χ2v) is 7.10. The van der Waals surface area contributed by atoms with Gasteiger partial charge in [0.1, 0.15) is 5.82 Å². The van der Waals surface area contributed by atoms with E-state index in [1.807, 2.05) is 11.1 Å². The number of aromatic amines is 1. The van der Waals surface area contributed by atoms with Gasteiger partial charge >= 0.3 is 0 Å². The van der Waals surface area contributed by atoms with Crippen molar-refractivity contribution < 1.29 is 9.18 Å². The van der Waals surface area contributed by atoms with Crippen LogP contribution in [0.25, 0.3) is 10.9 Å². The van der Waals surface area contributed by atoms with E-state index in [0.29, 0.717) is 5.92 Å². The van der Waals surface area contributed by atoms with Gasteiger partial charge in [0.05, 0.1) is 0 Å². The third-order valence-electron chi connectivity index (χ3n) is 5.26. The summed E-state index contributed by atoms with van der Waals surface area (Å²) in [6.45, 7) is 3.92. The summed E-state index contributed by atoms with van der Waals surface area (Å²) in [5.74, 6) is 0.536. The maximum absolute atomic E-state index is 13.4. The van der Waals surface area contributed by atoms with Crippen molar-refractivity contribution >= 4 is 17.3 Å². The maximum Gasteiger partial charge on any atom is 0.209 e. The molecule has 0 radical (unpaired) electrons. The number of nitrogens with zero attached hydrogens (tertiary/aromatic N) is 1. The van der Waals surface area contributed by atoms with Crippen molar-refractivity contribution in [2.24, 2.45) is 5.92 Å². The van der Waals surface area contributed by atoms with Crippen LogP contribution in [0.5, 0.6) is 0 Å². The Balaban J connectivity index is 1.28.